The minimum atomic E-state index is -0.734. The number of carbonyl (C=O) groups excluding carboxylic acids is 3. The lowest BCUT2D eigenvalue weighted by molar-refractivity contribution is -0.154. The van der Waals surface area contributed by atoms with Crippen molar-refractivity contribution < 1.29 is 24.2 Å². The maximum atomic E-state index is 14.0. The van der Waals surface area contributed by atoms with Gasteiger partial charge in [-0.2, -0.15) is 0 Å². The fourth-order valence-corrected chi connectivity index (χ4v) is 9.32. The van der Waals surface area contributed by atoms with E-state index in [9.17, 15) is 19.5 Å². The number of ether oxygens (including phenoxy) is 1. The zero-order valence-electron chi connectivity index (χ0n) is 19.5. The van der Waals surface area contributed by atoms with Gasteiger partial charge in [0.1, 0.15) is 6.04 Å². The topological polar surface area (TPSA) is 87.1 Å². The van der Waals surface area contributed by atoms with E-state index < -0.39 is 28.6 Å². The van der Waals surface area contributed by atoms with Crippen LogP contribution in [0.2, 0.25) is 0 Å². The monoisotopic (exact) mass is 542 g/mol. The number of hydrogen-bond acceptors (Lipinski definition) is 6. The van der Waals surface area contributed by atoms with Gasteiger partial charge in [0.25, 0.3) is 0 Å². The number of rotatable bonds is 12. The molecule has 33 heavy (non-hydrogen) atoms. The van der Waals surface area contributed by atoms with Gasteiger partial charge < -0.3 is 19.6 Å². The predicted molar refractivity (Wildman–Crippen MR) is 133 cm³/mol. The van der Waals surface area contributed by atoms with Crippen LogP contribution < -0.4 is 0 Å². The van der Waals surface area contributed by atoms with Crippen LogP contribution >= 0.6 is 27.7 Å². The second kappa shape index (κ2) is 11.0. The Hall–Kier alpha value is -1.32. The van der Waals surface area contributed by atoms with Gasteiger partial charge in [-0.1, -0.05) is 41.4 Å². The first kappa shape index (κ1) is 26.3. The molecular weight excluding hydrogens is 508 g/mol. The Kier molecular flexibility index (Phi) is 8.72. The fraction of sp³-hybridized carbons (Fsp3) is 0.708. The van der Waals surface area contributed by atoms with E-state index in [4.69, 9.17) is 4.74 Å². The van der Waals surface area contributed by atoms with Crippen molar-refractivity contribution >= 4 is 45.5 Å². The Morgan fingerprint density at radius 3 is 2.76 bits per heavy atom. The fourth-order valence-electron chi connectivity index (χ4n) is 5.72. The molecule has 0 aliphatic carbocycles. The lowest BCUT2D eigenvalue weighted by Gasteiger charge is -2.39. The number of fused-ring (bicyclic) bond motifs is 1. The number of amides is 2. The molecule has 2 bridgehead atoms. The van der Waals surface area contributed by atoms with Crippen LogP contribution in [0, 0.1) is 11.8 Å². The highest BCUT2D eigenvalue weighted by molar-refractivity contribution is 9.09. The van der Waals surface area contributed by atoms with Crippen molar-refractivity contribution in [2.24, 2.45) is 11.8 Å². The summed E-state index contributed by atoms with van der Waals surface area (Å²) in [4.78, 5) is 44.1. The molecule has 7 nitrogen and oxygen atoms in total. The van der Waals surface area contributed by atoms with Crippen molar-refractivity contribution in [2.75, 3.05) is 26.3 Å². The zero-order valence-corrected chi connectivity index (χ0v) is 21.9. The zero-order chi connectivity index (χ0) is 24.3. The maximum absolute atomic E-state index is 14.0. The normalized spacial score (nSPS) is 33.0. The lowest BCUT2D eigenvalue weighted by Crippen LogP contribution is -2.57. The molecule has 0 aromatic rings. The quantitative estimate of drug-likeness (QED) is 0.176. The minimum absolute atomic E-state index is 0.00574. The van der Waals surface area contributed by atoms with Gasteiger partial charge in [-0.05, 0) is 26.2 Å². The van der Waals surface area contributed by atoms with E-state index in [1.165, 1.54) is 4.90 Å². The van der Waals surface area contributed by atoms with Crippen LogP contribution in [-0.4, -0.2) is 85.9 Å². The largest absolute Gasteiger partial charge is 0.465 e. The molecule has 9 heteroatoms. The lowest BCUT2D eigenvalue weighted by atomic mass is 9.71. The van der Waals surface area contributed by atoms with Crippen molar-refractivity contribution in [2.45, 2.75) is 66.4 Å². The van der Waals surface area contributed by atoms with Crippen molar-refractivity contribution in [3.63, 3.8) is 0 Å². The van der Waals surface area contributed by atoms with Crippen LogP contribution in [-0.2, 0) is 19.1 Å². The number of carbonyl (C=O) groups is 3. The number of nitrogens with zero attached hydrogens (tertiary/aromatic N) is 2. The molecule has 0 saturated carbocycles. The van der Waals surface area contributed by atoms with Gasteiger partial charge in [0, 0.05) is 29.2 Å². The molecule has 184 valence electrons. The maximum Gasteiger partial charge on any atom is 0.310 e. The molecule has 3 rings (SSSR count). The van der Waals surface area contributed by atoms with Gasteiger partial charge in [0.15, 0.2) is 0 Å². The Bertz CT molecular complexity index is 795. The summed E-state index contributed by atoms with van der Waals surface area (Å²) in [6.07, 6.45) is 6.31. The molecule has 3 aliphatic heterocycles. The number of β-amino-alcohol motifs (C(OH)–C–C–N with tert-alkyl or cyclic N) is 1. The summed E-state index contributed by atoms with van der Waals surface area (Å²) in [6, 6.07) is -0.743. The second-order valence-corrected chi connectivity index (χ2v) is 11.8. The van der Waals surface area contributed by atoms with Gasteiger partial charge in [-0.25, -0.2) is 0 Å². The molecule has 7 atom stereocenters. The molecule has 3 fully saturated rings. The molecule has 0 radical (unpaired) electrons. The van der Waals surface area contributed by atoms with E-state index in [2.05, 4.69) is 36.0 Å². The van der Waals surface area contributed by atoms with E-state index in [0.717, 1.165) is 12.8 Å². The molecule has 2 amide bonds. The number of esters is 1. The SMILES string of the molecule is C=CCCOC(=O)[C@H]1[C@H]2C(=O)N(CCO)C(C(=O)N(CC=C)C(C)CCC)C23CC(Br)[C@@H]1S3. The van der Waals surface area contributed by atoms with Gasteiger partial charge in [0.2, 0.25) is 11.8 Å². The van der Waals surface area contributed by atoms with E-state index in [1.807, 2.05) is 6.92 Å². The van der Waals surface area contributed by atoms with Crippen LogP contribution in [0.15, 0.2) is 25.3 Å². The molecule has 1 N–H and O–H groups in total. The molecule has 4 unspecified atom stereocenters. The molecule has 0 aromatic carbocycles. The van der Waals surface area contributed by atoms with Crippen molar-refractivity contribution in [1.29, 1.82) is 0 Å². The first-order chi connectivity index (χ1) is 15.8. The average molecular weight is 544 g/mol. The molecule has 3 heterocycles. The first-order valence-corrected chi connectivity index (χ1v) is 13.5. The number of hydrogen-bond donors (Lipinski definition) is 1. The number of aliphatic hydroxyl groups excluding tert-OH is 1. The number of aliphatic hydroxyl groups is 1. The highest BCUT2D eigenvalue weighted by atomic mass is 79.9. The summed E-state index contributed by atoms with van der Waals surface area (Å²) < 4.78 is 4.77. The van der Waals surface area contributed by atoms with Gasteiger partial charge in [-0.15, -0.1) is 24.9 Å². The predicted octanol–water partition coefficient (Wildman–Crippen LogP) is 2.77. The summed E-state index contributed by atoms with van der Waals surface area (Å²) >= 11 is 5.31. The van der Waals surface area contributed by atoms with Gasteiger partial charge in [-0.3, -0.25) is 14.4 Å². The van der Waals surface area contributed by atoms with Crippen LogP contribution in [0.5, 0.6) is 0 Å². The summed E-state index contributed by atoms with van der Waals surface area (Å²) in [5, 5.41) is 9.59. The highest BCUT2D eigenvalue weighted by Crippen LogP contribution is 2.68. The molecule has 0 aromatic heterocycles. The number of thioether (sulfide) groups is 1. The molecule has 3 aliphatic rings. The third-order valence-electron chi connectivity index (χ3n) is 7.05. The standard InChI is InChI=1S/C24H35BrN2O5S/c1-5-8-13-32-23(31)17-18-21(29)27(11-12-28)20(24(18)14-16(25)19(17)33-24)22(30)26(10-7-3)15(4)9-6-2/h5,7,15-20,28H,1,3,6,8-14H2,2,4H3/t15?,16?,17-,18-,19-,20?,24?/m0/s1. The van der Waals surface area contributed by atoms with E-state index in [1.54, 1.807) is 28.8 Å². The third kappa shape index (κ3) is 4.52. The second-order valence-electron chi connectivity index (χ2n) is 9.08. The smallest absolute Gasteiger partial charge is 0.310 e. The Balaban J connectivity index is 2.00. The van der Waals surface area contributed by atoms with Crippen molar-refractivity contribution in [3.8, 4) is 0 Å². The van der Waals surface area contributed by atoms with Gasteiger partial charge >= 0.3 is 5.97 Å². The van der Waals surface area contributed by atoms with Crippen molar-refractivity contribution in [1.82, 2.24) is 9.80 Å². The van der Waals surface area contributed by atoms with Gasteiger partial charge in [0.05, 0.1) is 29.8 Å². The van der Waals surface area contributed by atoms with Crippen LogP contribution in [0.3, 0.4) is 0 Å². The number of alkyl halides is 1. The van der Waals surface area contributed by atoms with E-state index in [-0.39, 0.29) is 47.7 Å². The summed E-state index contributed by atoms with van der Waals surface area (Å²) in [5.41, 5.74) is 0. The molecular formula is C24H35BrN2O5S. The van der Waals surface area contributed by atoms with Crippen molar-refractivity contribution in [3.05, 3.63) is 25.3 Å². The van der Waals surface area contributed by atoms with E-state index >= 15 is 0 Å². The molecule has 1 spiro atoms. The third-order valence-corrected chi connectivity index (χ3v) is 10.3. The Labute approximate surface area is 209 Å². The number of halogens is 1. The van der Waals surface area contributed by atoms with Crippen LogP contribution in [0.1, 0.15) is 39.5 Å². The highest BCUT2D eigenvalue weighted by Gasteiger charge is 2.76. The Morgan fingerprint density at radius 1 is 1.42 bits per heavy atom. The molecule has 3 saturated heterocycles. The van der Waals surface area contributed by atoms with Crippen LogP contribution in [0.25, 0.3) is 0 Å². The van der Waals surface area contributed by atoms with E-state index in [0.29, 0.717) is 19.4 Å². The summed E-state index contributed by atoms with van der Waals surface area (Å²) in [5.74, 6) is -2.01. The number of likely N-dealkylation sites (tertiary alicyclic amines) is 1. The van der Waals surface area contributed by atoms with Crippen LogP contribution in [0.4, 0.5) is 0 Å². The average Bonchev–Trinajstić information content (AvgIpc) is 3.36. The summed E-state index contributed by atoms with van der Waals surface area (Å²) in [6.45, 7) is 12.0. The Morgan fingerprint density at radius 2 is 2.15 bits per heavy atom. The summed E-state index contributed by atoms with van der Waals surface area (Å²) in [7, 11) is 0. The first-order valence-electron chi connectivity index (χ1n) is 11.7. The minimum Gasteiger partial charge on any atom is -0.465 e.